The first kappa shape index (κ1) is 8.63. The first-order chi connectivity index (χ1) is 4.31. The largest absolute Gasteiger partial charge is 0.310 e. The quantitative estimate of drug-likeness (QED) is 0.560. The Bertz CT molecular complexity index is 81.0. The molecule has 0 saturated carbocycles. The van der Waals surface area contributed by atoms with Gasteiger partial charge in [0.1, 0.15) is 5.78 Å². The van der Waals surface area contributed by atoms with Crippen molar-refractivity contribution in [1.82, 2.24) is 5.32 Å². The molecule has 54 valence electrons. The molecule has 0 aromatic heterocycles. The summed E-state index contributed by atoms with van der Waals surface area (Å²) in [6.45, 7) is 5.47. The van der Waals surface area contributed by atoms with Gasteiger partial charge in [0.25, 0.3) is 0 Å². The maximum absolute atomic E-state index is 10.6. The van der Waals surface area contributed by atoms with Gasteiger partial charge < -0.3 is 5.32 Å². The number of Topliss-reactive ketones (excluding diaryl/α,β-unsaturated/α-hetero) is 1. The van der Waals surface area contributed by atoms with Crippen molar-refractivity contribution in [3.63, 3.8) is 0 Å². The zero-order chi connectivity index (χ0) is 7.11. The Hall–Kier alpha value is -0.370. The van der Waals surface area contributed by atoms with Gasteiger partial charge in [-0.05, 0) is 13.0 Å². The van der Waals surface area contributed by atoms with E-state index in [4.69, 9.17) is 0 Å². The Kier molecular flexibility index (Phi) is 5.52. The van der Waals surface area contributed by atoms with Crippen LogP contribution in [-0.4, -0.2) is 18.9 Å². The van der Waals surface area contributed by atoms with E-state index in [1.807, 2.05) is 6.92 Å². The molecule has 0 fully saturated rings. The van der Waals surface area contributed by atoms with Gasteiger partial charge in [0.15, 0.2) is 0 Å². The zero-order valence-corrected chi connectivity index (χ0v) is 6.24. The summed E-state index contributed by atoms with van der Waals surface area (Å²) in [7, 11) is 0. The Labute approximate surface area is 56.6 Å². The second-order valence-electron chi connectivity index (χ2n) is 2.07. The second kappa shape index (κ2) is 5.76. The number of rotatable bonds is 5. The van der Waals surface area contributed by atoms with Crippen LogP contribution in [0.25, 0.3) is 0 Å². The Balaban J connectivity index is 2.97. The maximum atomic E-state index is 10.6. The van der Waals surface area contributed by atoms with Crippen LogP contribution >= 0.6 is 0 Å². The third-order valence-corrected chi connectivity index (χ3v) is 1.14. The first-order valence-electron chi connectivity index (χ1n) is 3.53. The summed E-state index contributed by atoms with van der Waals surface area (Å²) in [6, 6.07) is 0. The van der Waals surface area contributed by atoms with Gasteiger partial charge in [-0.3, -0.25) is 4.79 Å². The number of ketones is 1. The van der Waals surface area contributed by atoms with Gasteiger partial charge in [-0.15, -0.1) is 0 Å². The molecule has 0 spiro atoms. The average molecular weight is 129 g/mol. The molecule has 9 heavy (non-hydrogen) atoms. The van der Waals surface area contributed by atoms with Crippen molar-refractivity contribution in [3.05, 3.63) is 0 Å². The monoisotopic (exact) mass is 129 g/mol. The van der Waals surface area contributed by atoms with E-state index >= 15 is 0 Å². The minimum absolute atomic E-state index is 0.295. The van der Waals surface area contributed by atoms with Crippen molar-refractivity contribution < 1.29 is 4.79 Å². The maximum Gasteiger partial charge on any atom is 0.146 e. The third-order valence-electron chi connectivity index (χ3n) is 1.14. The van der Waals surface area contributed by atoms with Gasteiger partial charge in [0.2, 0.25) is 0 Å². The smallest absolute Gasteiger partial charge is 0.146 e. The van der Waals surface area contributed by atoms with E-state index in [2.05, 4.69) is 12.2 Å². The van der Waals surface area contributed by atoms with Crippen LogP contribution in [0, 0.1) is 0 Å². The van der Waals surface area contributed by atoms with Crippen molar-refractivity contribution in [2.75, 3.05) is 13.1 Å². The fraction of sp³-hybridized carbons (Fsp3) is 0.857. The minimum Gasteiger partial charge on any atom is -0.310 e. The molecule has 0 aromatic carbocycles. The van der Waals surface area contributed by atoms with Gasteiger partial charge in [0, 0.05) is 6.42 Å². The zero-order valence-electron chi connectivity index (χ0n) is 6.24. The normalized spacial score (nSPS) is 9.56. The highest BCUT2D eigenvalue weighted by molar-refractivity contribution is 5.79. The molecule has 0 aliphatic carbocycles. The SMILES string of the molecule is CCCNCC(=O)CC. The van der Waals surface area contributed by atoms with Gasteiger partial charge in [-0.2, -0.15) is 0 Å². The number of carbonyl (C=O) groups excluding carboxylic acids is 1. The molecule has 2 heteroatoms. The van der Waals surface area contributed by atoms with Gasteiger partial charge >= 0.3 is 0 Å². The lowest BCUT2D eigenvalue weighted by Crippen LogP contribution is -2.22. The number of carbonyl (C=O) groups is 1. The summed E-state index contributed by atoms with van der Waals surface area (Å²) in [6.07, 6.45) is 1.74. The molecule has 2 nitrogen and oxygen atoms in total. The molecule has 0 bridgehead atoms. The van der Waals surface area contributed by atoms with E-state index in [0.29, 0.717) is 18.7 Å². The van der Waals surface area contributed by atoms with Crippen LogP contribution in [0.5, 0.6) is 0 Å². The van der Waals surface area contributed by atoms with Crippen molar-refractivity contribution in [1.29, 1.82) is 0 Å². The lowest BCUT2D eigenvalue weighted by Gasteiger charge is -1.97. The number of hydrogen-bond donors (Lipinski definition) is 1. The summed E-state index contributed by atoms with van der Waals surface area (Å²) in [5.41, 5.74) is 0. The molecule has 0 aliphatic heterocycles. The van der Waals surface area contributed by atoms with E-state index in [1.54, 1.807) is 0 Å². The predicted octanol–water partition coefficient (Wildman–Crippen LogP) is 0.965. The van der Waals surface area contributed by atoms with Crippen LogP contribution < -0.4 is 5.32 Å². The molecule has 0 aliphatic rings. The molecular weight excluding hydrogens is 114 g/mol. The summed E-state index contributed by atoms with van der Waals surface area (Å²) >= 11 is 0. The summed E-state index contributed by atoms with van der Waals surface area (Å²) < 4.78 is 0. The summed E-state index contributed by atoms with van der Waals surface area (Å²) in [4.78, 5) is 10.6. The predicted molar refractivity (Wildman–Crippen MR) is 38.5 cm³/mol. The standard InChI is InChI=1S/C7H15NO/c1-3-5-8-6-7(9)4-2/h8H,3-6H2,1-2H3. The summed E-state index contributed by atoms with van der Waals surface area (Å²) in [5.74, 6) is 0.295. The van der Waals surface area contributed by atoms with Crippen molar-refractivity contribution in [3.8, 4) is 0 Å². The molecule has 0 atom stereocenters. The molecule has 0 amide bonds. The molecule has 0 unspecified atom stereocenters. The molecule has 0 saturated heterocycles. The average Bonchev–Trinajstić information content (AvgIpc) is 1.89. The second-order valence-corrected chi connectivity index (χ2v) is 2.07. The number of nitrogens with one attached hydrogen (secondary N) is 1. The molecule has 0 radical (unpaired) electrons. The van der Waals surface area contributed by atoms with Gasteiger partial charge in [0.05, 0.1) is 6.54 Å². The third kappa shape index (κ3) is 5.50. The highest BCUT2D eigenvalue weighted by atomic mass is 16.1. The summed E-state index contributed by atoms with van der Waals surface area (Å²) in [5, 5.41) is 3.04. The van der Waals surface area contributed by atoms with Crippen LogP contribution in [0.3, 0.4) is 0 Å². The molecule has 0 heterocycles. The highest BCUT2D eigenvalue weighted by Gasteiger charge is 1.93. The van der Waals surface area contributed by atoms with E-state index in [0.717, 1.165) is 13.0 Å². The lowest BCUT2D eigenvalue weighted by molar-refractivity contribution is -0.117. The minimum atomic E-state index is 0.295. The Morgan fingerprint density at radius 3 is 2.56 bits per heavy atom. The van der Waals surface area contributed by atoms with Crippen LogP contribution in [0.4, 0.5) is 0 Å². The van der Waals surface area contributed by atoms with Crippen molar-refractivity contribution in [2.45, 2.75) is 26.7 Å². The van der Waals surface area contributed by atoms with Crippen molar-refractivity contribution in [2.24, 2.45) is 0 Å². The molecule has 1 N–H and O–H groups in total. The fourth-order valence-electron chi connectivity index (χ4n) is 0.530. The van der Waals surface area contributed by atoms with Crippen LogP contribution in [0.2, 0.25) is 0 Å². The molecule has 0 rings (SSSR count). The van der Waals surface area contributed by atoms with Gasteiger partial charge in [-0.25, -0.2) is 0 Å². The lowest BCUT2D eigenvalue weighted by atomic mass is 10.3. The first-order valence-corrected chi connectivity index (χ1v) is 3.53. The topological polar surface area (TPSA) is 29.1 Å². The Morgan fingerprint density at radius 1 is 1.44 bits per heavy atom. The molecule has 0 aromatic rings. The highest BCUT2D eigenvalue weighted by Crippen LogP contribution is 1.77. The van der Waals surface area contributed by atoms with E-state index in [-0.39, 0.29) is 0 Å². The molecular formula is C7H15NO. The van der Waals surface area contributed by atoms with E-state index < -0.39 is 0 Å². The van der Waals surface area contributed by atoms with Crippen LogP contribution in [0.1, 0.15) is 26.7 Å². The van der Waals surface area contributed by atoms with E-state index in [9.17, 15) is 4.79 Å². The van der Waals surface area contributed by atoms with E-state index in [1.165, 1.54) is 0 Å². The van der Waals surface area contributed by atoms with Crippen LogP contribution in [0.15, 0.2) is 0 Å². The Morgan fingerprint density at radius 2 is 2.11 bits per heavy atom. The fourth-order valence-corrected chi connectivity index (χ4v) is 0.530. The van der Waals surface area contributed by atoms with Crippen LogP contribution in [-0.2, 0) is 4.79 Å². The number of hydrogen-bond acceptors (Lipinski definition) is 2. The van der Waals surface area contributed by atoms with Gasteiger partial charge in [-0.1, -0.05) is 13.8 Å². The van der Waals surface area contributed by atoms with Crippen molar-refractivity contribution >= 4 is 5.78 Å².